The predicted octanol–water partition coefficient (Wildman–Crippen LogP) is 2.69. The molecule has 2 heteroatoms. The van der Waals surface area contributed by atoms with Gasteiger partial charge in [0.05, 0.1) is 6.61 Å². The lowest BCUT2D eigenvalue weighted by Crippen LogP contribution is -1.88. The quantitative estimate of drug-likeness (QED) is 0.785. The predicted molar refractivity (Wildman–Crippen MR) is 56.3 cm³/mol. The Balaban J connectivity index is 2.63. The van der Waals surface area contributed by atoms with Gasteiger partial charge in [0, 0.05) is 18.1 Å². The molecule has 2 aromatic carbocycles. The number of rotatable bonds is 2. The first-order chi connectivity index (χ1) is 6.83. The number of phenolic OH excluding ortho intramolecular Hbond substituents is 1. The van der Waals surface area contributed by atoms with Crippen molar-refractivity contribution in [2.24, 2.45) is 0 Å². The van der Waals surface area contributed by atoms with E-state index in [-0.39, 0.29) is 0 Å². The zero-order valence-corrected chi connectivity index (χ0v) is 8.03. The molecule has 0 aliphatic rings. The zero-order chi connectivity index (χ0) is 9.97. The van der Waals surface area contributed by atoms with E-state index < -0.39 is 0 Å². The highest BCUT2D eigenvalue weighted by Crippen LogP contribution is 2.28. The SMILES string of the molecule is COCc1ccc2ccccc2c1O. The summed E-state index contributed by atoms with van der Waals surface area (Å²) in [5.41, 5.74) is 0.825. The number of ether oxygens (including phenoxy) is 1. The van der Waals surface area contributed by atoms with Gasteiger partial charge in [-0.05, 0) is 5.39 Å². The summed E-state index contributed by atoms with van der Waals surface area (Å²) in [6.07, 6.45) is 0. The lowest BCUT2D eigenvalue weighted by Gasteiger charge is -2.06. The van der Waals surface area contributed by atoms with Crippen molar-refractivity contribution in [3.63, 3.8) is 0 Å². The van der Waals surface area contributed by atoms with E-state index in [9.17, 15) is 5.11 Å². The van der Waals surface area contributed by atoms with Crippen LogP contribution in [-0.4, -0.2) is 12.2 Å². The maximum absolute atomic E-state index is 9.90. The molecule has 14 heavy (non-hydrogen) atoms. The summed E-state index contributed by atoms with van der Waals surface area (Å²) in [7, 11) is 1.62. The molecule has 0 bridgehead atoms. The van der Waals surface area contributed by atoms with Crippen LogP contribution in [0.25, 0.3) is 10.8 Å². The third-order valence-corrected chi connectivity index (χ3v) is 2.28. The van der Waals surface area contributed by atoms with Crippen LogP contribution in [0.2, 0.25) is 0 Å². The minimum atomic E-state index is 0.324. The van der Waals surface area contributed by atoms with Crippen molar-refractivity contribution in [2.45, 2.75) is 6.61 Å². The van der Waals surface area contributed by atoms with E-state index in [4.69, 9.17) is 4.74 Å². The van der Waals surface area contributed by atoms with Gasteiger partial charge in [-0.2, -0.15) is 0 Å². The molecule has 0 radical (unpaired) electrons. The van der Waals surface area contributed by atoms with E-state index in [1.807, 2.05) is 36.4 Å². The Kier molecular flexibility index (Phi) is 2.37. The molecule has 0 atom stereocenters. The molecule has 2 nitrogen and oxygen atoms in total. The Labute approximate surface area is 82.8 Å². The highest BCUT2D eigenvalue weighted by Gasteiger charge is 2.04. The number of aromatic hydroxyl groups is 1. The molecule has 0 aliphatic carbocycles. The van der Waals surface area contributed by atoms with E-state index in [0.717, 1.165) is 16.3 Å². The fourth-order valence-electron chi connectivity index (χ4n) is 1.57. The Bertz CT molecular complexity index is 449. The average Bonchev–Trinajstić information content (AvgIpc) is 2.23. The molecular formula is C12H12O2. The molecule has 0 saturated carbocycles. The lowest BCUT2D eigenvalue weighted by atomic mass is 10.1. The smallest absolute Gasteiger partial charge is 0.128 e. The summed E-state index contributed by atoms with van der Waals surface area (Å²) >= 11 is 0. The van der Waals surface area contributed by atoms with Gasteiger partial charge >= 0.3 is 0 Å². The van der Waals surface area contributed by atoms with Crippen molar-refractivity contribution in [3.05, 3.63) is 42.0 Å². The minimum absolute atomic E-state index is 0.324. The number of methoxy groups -OCH3 is 1. The Hall–Kier alpha value is -1.54. The molecule has 0 amide bonds. The highest BCUT2D eigenvalue weighted by molar-refractivity contribution is 5.89. The molecule has 1 N–H and O–H groups in total. The normalized spacial score (nSPS) is 10.6. The zero-order valence-electron chi connectivity index (χ0n) is 8.03. The monoisotopic (exact) mass is 188 g/mol. The van der Waals surface area contributed by atoms with E-state index in [1.54, 1.807) is 7.11 Å². The molecule has 0 aromatic heterocycles. The van der Waals surface area contributed by atoms with Crippen LogP contribution in [0, 0.1) is 0 Å². The Morgan fingerprint density at radius 3 is 2.71 bits per heavy atom. The van der Waals surface area contributed by atoms with Gasteiger partial charge in [0.15, 0.2) is 0 Å². The van der Waals surface area contributed by atoms with Crippen molar-refractivity contribution < 1.29 is 9.84 Å². The van der Waals surface area contributed by atoms with Gasteiger partial charge in [-0.3, -0.25) is 0 Å². The van der Waals surface area contributed by atoms with Crippen LogP contribution in [0.1, 0.15) is 5.56 Å². The summed E-state index contributed by atoms with van der Waals surface area (Å²) < 4.78 is 5.00. The van der Waals surface area contributed by atoms with Gasteiger partial charge in [-0.25, -0.2) is 0 Å². The van der Waals surface area contributed by atoms with Gasteiger partial charge in [0.25, 0.3) is 0 Å². The number of hydrogen-bond acceptors (Lipinski definition) is 2. The number of hydrogen-bond donors (Lipinski definition) is 1. The topological polar surface area (TPSA) is 29.5 Å². The van der Waals surface area contributed by atoms with Gasteiger partial charge in [0.1, 0.15) is 5.75 Å². The second-order valence-corrected chi connectivity index (χ2v) is 3.23. The van der Waals surface area contributed by atoms with Gasteiger partial charge in [0.2, 0.25) is 0 Å². The van der Waals surface area contributed by atoms with Crippen molar-refractivity contribution in [1.82, 2.24) is 0 Å². The fourth-order valence-corrected chi connectivity index (χ4v) is 1.57. The molecule has 2 rings (SSSR count). The summed E-state index contributed by atoms with van der Waals surface area (Å²) in [4.78, 5) is 0. The Morgan fingerprint density at radius 1 is 1.14 bits per heavy atom. The minimum Gasteiger partial charge on any atom is -0.507 e. The molecule has 0 saturated heterocycles. The molecule has 0 heterocycles. The summed E-state index contributed by atoms with van der Waals surface area (Å²) in [5, 5.41) is 11.8. The molecule has 0 fully saturated rings. The van der Waals surface area contributed by atoms with E-state index in [0.29, 0.717) is 12.4 Å². The van der Waals surface area contributed by atoms with Crippen molar-refractivity contribution in [3.8, 4) is 5.75 Å². The maximum atomic E-state index is 9.90. The van der Waals surface area contributed by atoms with E-state index in [2.05, 4.69) is 0 Å². The molecular weight excluding hydrogens is 176 g/mol. The van der Waals surface area contributed by atoms with Gasteiger partial charge in [-0.1, -0.05) is 36.4 Å². The van der Waals surface area contributed by atoms with Gasteiger partial charge < -0.3 is 9.84 Å². The molecule has 72 valence electrons. The van der Waals surface area contributed by atoms with Gasteiger partial charge in [-0.15, -0.1) is 0 Å². The van der Waals surface area contributed by atoms with E-state index in [1.165, 1.54) is 0 Å². The molecule has 0 unspecified atom stereocenters. The molecule has 0 spiro atoms. The third kappa shape index (κ3) is 1.44. The standard InChI is InChI=1S/C12H12O2/c1-14-8-10-7-6-9-4-2-3-5-11(9)12(10)13/h2-7,13H,8H2,1H3. The first kappa shape index (κ1) is 9.03. The second kappa shape index (κ2) is 3.68. The first-order valence-electron chi connectivity index (χ1n) is 4.51. The lowest BCUT2D eigenvalue weighted by molar-refractivity contribution is 0.182. The maximum Gasteiger partial charge on any atom is 0.128 e. The number of fused-ring (bicyclic) bond motifs is 1. The van der Waals surface area contributed by atoms with Crippen LogP contribution in [0.4, 0.5) is 0 Å². The average molecular weight is 188 g/mol. The molecule has 2 aromatic rings. The largest absolute Gasteiger partial charge is 0.507 e. The van der Waals surface area contributed by atoms with Crippen LogP contribution < -0.4 is 0 Å². The van der Waals surface area contributed by atoms with Crippen LogP contribution in [-0.2, 0) is 11.3 Å². The summed E-state index contributed by atoms with van der Waals surface area (Å²) in [5.74, 6) is 0.324. The third-order valence-electron chi connectivity index (χ3n) is 2.28. The molecule has 0 aliphatic heterocycles. The van der Waals surface area contributed by atoms with Crippen molar-refractivity contribution in [1.29, 1.82) is 0 Å². The van der Waals surface area contributed by atoms with E-state index >= 15 is 0 Å². The second-order valence-electron chi connectivity index (χ2n) is 3.23. The summed E-state index contributed by atoms with van der Waals surface area (Å²) in [6.45, 7) is 0.441. The van der Waals surface area contributed by atoms with Crippen LogP contribution >= 0.6 is 0 Å². The first-order valence-corrected chi connectivity index (χ1v) is 4.51. The fraction of sp³-hybridized carbons (Fsp3) is 0.167. The van der Waals surface area contributed by atoms with Crippen molar-refractivity contribution >= 4 is 10.8 Å². The number of phenols is 1. The summed E-state index contributed by atoms with van der Waals surface area (Å²) in [6, 6.07) is 11.6. The van der Waals surface area contributed by atoms with Crippen LogP contribution in [0.15, 0.2) is 36.4 Å². The van der Waals surface area contributed by atoms with Crippen LogP contribution in [0.5, 0.6) is 5.75 Å². The highest BCUT2D eigenvalue weighted by atomic mass is 16.5. The number of benzene rings is 2. The van der Waals surface area contributed by atoms with Crippen LogP contribution in [0.3, 0.4) is 0 Å². The van der Waals surface area contributed by atoms with Crippen molar-refractivity contribution in [2.75, 3.05) is 7.11 Å². The Morgan fingerprint density at radius 2 is 1.93 bits per heavy atom.